The van der Waals surface area contributed by atoms with Crippen molar-refractivity contribution >= 4 is 11.9 Å². The van der Waals surface area contributed by atoms with Crippen LogP contribution in [0.15, 0.2) is 4.99 Å². The summed E-state index contributed by atoms with van der Waals surface area (Å²) in [5, 5.41) is 6.97. The fourth-order valence-corrected chi connectivity index (χ4v) is 4.91. The van der Waals surface area contributed by atoms with Gasteiger partial charge in [0.1, 0.15) is 0 Å². The Kier molecular flexibility index (Phi) is 8.44. The van der Waals surface area contributed by atoms with Gasteiger partial charge in [-0.25, -0.2) is 0 Å². The van der Waals surface area contributed by atoms with Crippen LogP contribution in [-0.4, -0.2) is 73.5 Å². The molecule has 1 aliphatic carbocycles. The summed E-state index contributed by atoms with van der Waals surface area (Å²) >= 11 is 0. The molecular weight excluding hydrogens is 350 g/mol. The van der Waals surface area contributed by atoms with Gasteiger partial charge in [0.05, 0.1) is 0 Å². The molecule has 0 aromatic heterocycles. The molecule has 6 heteroatoms. The molecule has 160 valence electrons. The molecule has 0 radical (unpaired) electrons. The maximum absolute atomic E-state index is 12.7. The molecule has 2 heterocycles. The molecule has 2 atom stereocenters. The number of likely N-dealkylation sites (tertiary alicyclic amines) is 2. The molecule has 2 N–H and O–H groups in total. The standard InChI is InChI=1S/C22H41N5O/c1-3-23-22(24-15-18(2)16-26-12-7-4-8-13-26)25-20-11-14-27(17-20)21(28)19-9-5-6-10-19/h18-20H,3-17H2,1-2H3,(H2,23,24,25). The van der Waals surface area contributed by atoms with Gasteiger partial charge in [0.25, 0.3) is 0 Å². The minimum atomic E-state index is 0.288. The summed E-state index contributed by atoms with van der Waals surface area (Å²) in [6.07, 6.45) is 9.72. The average molecular weight is 392 g/mol. The van der Waals surface area contributed by atoms with Gasteiger partial charge >= 0.3 is 0 Å². The van der Waals surface area contributed by atoms with E-state index in [0.29, 0.717) is 17.9 Å². The van der Waals surface area contributed by atoms with Crippen LogP contribution in [0.2, 0.25) is 0 Å². The lowest BCUT2D eigenvalue weighted by Gasteiger charge is -2.28. The lowest BCUT2D eigenvalue weighted by molar-refractivity contribution is -0.134. The highest BCUT2D eigenvalue weighted by atomic mass is 16.2. The Morgan fingerprint density at radius 1 is 1.07 bits per heavy atom. The normalized spacial score (nSPS) is 25.9. The van der Waals surface area contributed by atoms with Crippen molar-refractivity contribution in [3.63, 3.8) is 0 Å². The number of aliphatic imine (C=N–C) groups is 1. The van der Waals surface area contributed by atoms with E-state index < -0.39 is 0 Å². The van der Waals surface area contributed by atoms with Crippen LogP contribution in [-0.2, 0) is 4.79 Å². The van der Waals surface area contributed by atoms with Gasteiger partial charge < -0.3 is 20.4 Å². The molecule has 0 aromatic rings. The highest BCUT2D eigenvalue weighted by Gasteiger charge is 2.32. The third kappa shape index (κ3) is 6.36. The summed E-state index contributed by atoms with van der Waals surface area (Å²) < 4.78 is 0. The Bertz CT molecular complexity index is 511. The lowest BCUT2D eigenvalue weighted by Crippen LogP contribution is -2.45. The Hall–Kier alpha value is -1.30. The number of carbonyl (C=O) groups is 1. The van der Waals surface area contributed by atoms with Crippen LogP contribution >= 0.6 is 0 Å². The fraction of sp³-hybridized carbons (Fsp3) is 0.909. The van der Waals surface area contributed by atoms with Gasteiger partial charge in [-0.2, -0.15) is 0 Å². The maximum Gasteiger partial charge on any atom is 0.225 e. The Morgan fingerprint density at radius 3 is 2.54 bits per heavy atom. The molecule has 2 unspecified atom stereocenters. The Balaban J connectivity index is 1.44. The van der Waals surface area contributed by atoms with Gasteiger partial charge in [-0.05, 0) is 58.0 Å². The predicted octanol–water partition coefficient (Wildman–Crippen LogP) is 2.45. The zero-order valence-electron chi connectivity index (χ0n) is 18.1. The van der Waals surface area contributed by atoms with Gasteiger partial charge in [-0.1, -0.05) is 26.2 Å². The number of piperidine rings is 1. The van der Waals surface area contributed by atoms with E-state index in [9.17, 15) is 4.79 Å². The number of guanidine groups is 1. The number of carbonyl (C=O) groups excluding carboxylic acids is 1. The van der Waals surface area contributed by atoms with Crippen molar-refractivity contribution in [2.45, 2.75) is 71.3 Å². The highest BCUT2D eigenvalue weighted by molar-refractivity contribution is 5.81. The predicted molar refractivity (Wildman–Crippen MR) is 116 cm³/mol. The van der Waals surface area contributed by atoms with Crippen molar-refractivity contribution in [3.05, 3.63) is 0 Å². The Labute approximate surface area is 171 Å². The second-order valence-electron chi connectivity index (χ2n) is 9.08. The zero-order valence-corrected chi connectivity index (χ0v) is 18.1. The summed E-state index contributed by atoms with van der Waals surface area (Å²) in [6.45, 7) is 11.5. The van der Waals surface area contributed by atoms with Crippen LogP contribution in [0, 0.1) is 11.8 Å². The lowest BCUT2D eigenvalue weighted by atomic mass is 10.1. The monoisotopic (exact) mass is 391 g/mol. The maximum atomic E-state index is 12.7. The molecule has 28 heavy (non-hydrogen) atoms. The minimum absolute atomic E-state index is 0.288. The molecule has 3 rings (SSSR count). The van der Waals surface area contributed by atoms with Crippen molar-refractivity contribution in [3.8, 4) is 0 Å². The van der Waals surface area contributed by atoms with E-state index in [1.807, 2.05) is 0 Å². The van der Waals surface area contributed by atoms with E-state index in [0.717, 1.165) is 57.9 Å². The average Bonchev–Trinajstić information content (AvgIpc) is 3.39. The van der Waals surface area contributed by atoms with Crippen LogP contribution in [0.5, 0.6) is 0 Å². The molecular formula is C22H41N5O. The van der Waals surface area contributed by atoms with Crippen molar-refractivity contribution in [2.75, 3.05) is 45.8 Å². The topological polar surface area (TPSA) is 60.0 Å². The SMILES string of the molecule is CCNC(=NCC(C)CN1CCCCC1)NC1CCN(C(=O)C2CCCC2)C1. The van der Waals surface area contributed by atoms with Gasteiger partial charge in [0.2, 0.25) is 5.91 Å². The van der Waals surface area contributed by atoms with Crippen LogP contribution < -0.4 is 10.6 Å². The van der Waals surface area contributed by atoms with Crippen molar-refractivity contribution in [2.24, 2.45) is 16.8 Å². The molecule has 1 saturated carbocycles. The first-order valence-corrected chi connectivity index (χ1v) is 11.7. The number of amides is 1. The second-order valence-corrected chi connectivity index (χ2v) is 9.08. The summed E-state index contributed by atoms with van der Waals surface area (Å²) in [6, 6.07) is 0.320. The van der Waals surface area contributed by atoms with E-state index in [2.05, 4.69) is 34.3 Å². The largest absolute Gasteiger partial charge is 0.357 e. The van der Waals surface area contributed by atoms with Crippen molar-refractivity contribution in [1.82, 2.24) is 20.4 Å². The molecule has 0 aromatic carbocycles. The number of hydrogen-bond donors (Lipinski definition) is 2. The van der Waals surface area contributed by atoms with Gasteiger partial charge in [-0.15, -0.1) is 0 Å². The summed E-state index contributed by atoms with van der Waals surface area (Å²) in [5.41, 5.74) is 0. The van der Waals surface area contributed by atoms with Gasteiger partial charge in [-0.3, -0.25) is 9.79 Å². The van der Waals surface area contributed by atoms with Gasteiger partial charge in [0.15, 0.2) is 5.96 Å². The quantitative estimate of drug-likeness (QED) is 0.517. The number of rotatable bonds is 7. The summed E-state index contributed by atoms with van der Waals surface area (Å²) in [5.74, 6) is 2.15. The van der Waals surface area contributed by atoms with Crippen LogP contribution in [0.1, 0.15) is 65.2 Å². The van der Waals surface area contributed by atoms with E-state index >= 15 is 0 Å². The van der Waals surface area contributed by atoms with E-state index in [-0.39, 0.29) is 5.92 Å². The first-order valence-electron chi connectivity index (χ1n) is 11.7. The van der Waals surface area contributed by atoms with Gasteiger partial charge in [0, 0.05) is 44.7 Å². The van der Waals surface area contributed by atoms with E-state index in [4.69, 9.17) is 4.99 Å². The first kappa shape index (κ1) is 21.4. The summed E-state index contributed by atoms with van der Waals surface area (Å²) in [4.78, 5) is 22.2. The minimum Gasteiger partial charge on any atom is -0.357 e. The molecule has 2 saturated heterocycles. The molecule has 3 fully saturated rings. The third-order valence-corrected chi connectivity index (χ3v) is 6.47. The molecule has 0 spiro atoms. The molecule has 6 nitrogen and oxygen atoms in total. The van der Waals surface area contributed by atoms with Crippen molar-refractivity contribution in [1.29, 1.82) is 0 Å². The highest BCUT2D eigenvalue weighted by Crippen LogP contribution is 2.27. The Morgan fingerprint density at radius 2 is 1.82 bits per heavy atom. The van der Waals surface area contributed by atoms with Crippen LogP contribution in [0.4, 0.5) is 0 Å². The zero-order chi connectivity index (χ0) is 19.8. The number of nitrogens with zero attached hydrogens (tertiary/aromatic N) is 3. The van der Waals surface area contributed by atoms with E-state index in [1.165, 1.54) is 45.2 Å². The number of nitrogens with one attached hydrogen (secondary N) is 2. The second kappa shape index (κ2) is 11.0. The molecule has 0 bridgehead atoms. The van der Waals surface area contributed by atoms with Crippen LogP contribution in [0.25, 0.3) is 0 Å². The van der Waals surface area contributed by atoms with Crippen molar-refractivity contribution < 1.29 is 4.79 Å². The summed E-state index contributed by atoms with van der Waals surface area (Å²) in [7, 11) is 0. The number of hydrogen-bond acceptors (Lipinski definition) is 3. The smallest absolute Gasteiger partial charge is 0.225 e. The molecule has 3 aliphatic rings. The molecule has 2 aliphatic heterocycles. The fourth-order valence-electron chi connectivity index (χ4n) is 4.91. The third-order valence-electron chi connectivity index (χ3n) is 6.47. The molecule has 1 amide bonds. The van der Waals surface area contributed by atoms with E-state index in [1.54, 1.807) is 0 Å². The van der Waals surface area contributed by atoms with Crippen LogP contribution in [0.3, 0.4) is 0 Å². The first-order chi connectivity index (χ1) is 13.7.